The Morgan fingerprint density at radius 1 is 1.00 bits per heavy atom. The van der Waals surface area contributed by atoms with Gasteiger partial charge < -0.3 is 0 Å². The molecule has 0 bridgehead atoms. The van der Waals surface area contributed by atoms with E-state index in [1.165, 1.54) is 5.39 Å². The predicted molar refractivity (Wildman–Crippen MR) is 81.6 cm³/mol. The zero-order valence-electron chi connectivity index (χ0n) is 10.7. The van der Waals surface area contributed by atoms with Crippen LogP contribution in [0.1, 0.15) is 12.6 Å². The van der Waals surface area contributed by atoms with Gasteiger partial charge in [-0.2, -0.15) is 0 Å². The van der Waals surface area contributed by atoms with Gasteiger partial charge in [0.2, 0.25) is 0 Å². The number of hydrogen-bond donors (Lipinski definition) is 0. The summed E-state index contributed by atoms with van der Waals surface area (Å²) in [6.07, 6.45) is 0.919. The van der Waals surface area contributed by atoms with Gasteiger partial charge in [0, 0.05) is 21.7 Å². The molecule has 0 amide bonds. The Morgan fingerprint density at radius 2 is 1.74 bits per heavy atom. The second kappa shape index (κ2) is 5.02. The maximum Gasteiger partial charge on any atom is 0.0798 e. The van der Waals surface area contributed by atoms with Gasteiger partial charge in [0.15, 0.2) is 0 Å². The summed E-state index contributed by atoms with van der Waals surface area (Å²) < 4.78 is 0. The van der Waals surface area contributed by atoms with E-state index >= 15 is 0 Å². The second-order valence-electron chi connectivity index (χ2n) is 4.52. The van der Waals surface area contributed by atoms with Gasteiger partial charge in [0.05, 0.1) is 5.69 Å². The van der Waals surface area contributed by atoms with Crippen LogP contribution in [0.4, 0.5) is 0 Å². The minimum Gasteiger partial charge on any atom is -0.252 e. The molecule has 0 aliphatic carbocycles. The van der Waals surface area contributed by atoms with Crippen molar-refractivity contribution in [3.63, 3.8) is 0 Å². The fourth-order valence-electron chi connectivity index (χ4n) is 2.29. The molecule has 0 saturated carbocycles. The summed E-state index contributed by atoms with van der Waals surface area (Å²) in [7, 11) is 0. The van der Waals surface area contributed by atoms with Gasteiger partial charge in [0.1, 0.15) is 0 Å². The fraction of sp³-hybridized carbons (Fsp3) is 0.118. The summed E-state index contributed by atoms with van der Waals surface area (Å²) in [6, 6.07) is 18.3. The molecule has 19 heavy (non-hydrogen) atoms. The molecular weight excluding hydrogens is 254 g/mol. The van der Waals surface area contributed by atoms with Crippen molar-refractivity contribution < 1.29 is 0 Å². The molecule has 1 aromatic heterocycles. The molecule has 1 heterocycles. The van der Waals surface area contributed by atoms with Crippen LogP contribution in [-0.2, 0) is 6.42 Å². The van der Waals surface area contributed by atoms with Gasteiger partial charge in [-0.05, 0) is 23.9 Å². The highest BCUT2D eigenvalue weighted by molar-refractivity contribution is 6.33. The lowest BCUT2D eigenvalue weighted by Crippen LogP contribution is -1.93. The quantitative estimate of drug-likeness (QED) is 0.628. The van der Waals surface area contributed by atoms with Crippen LogP contribution < -0.4 is 0 Å². The molecule has 0 aliphatic rings. The van der Waals surface area contributed by atoms with E-state index in [-0.39, 0.29) is 0 Å². The first kappa shape index (κ1) is 12.2. The Kier molecular flexibility index (Phi) is 3.22. The smallest absolute Gasteiger partial charge is 0.0798 e. The first-order valence-corrected chi connectivity index (χ1v) is 6.81. The van der Waals surface area contributed by atoms with Crippen molar-refractivity contribution in [2.75, 3.05) is 0 Å². The van der Waals surface area contributed by atoms with E-state index in [1.54, 1.807) is 0 Å². The van der Waals surface area contributed by atoms with Crippen LogP contribution in [-0.4, -0.2) is 4.98 Å². The van der Waals surface area contributed by atoms with Gasteiger partial charge >= 0.3 is 0 Å². The number of aromatic nitrogens is 1. The number of halogens is 1. The molecule has 0 N–H and O–H groups in total. The number of benzene rings is 2. The van der Waals surface area contributed by atoms with Crippen LogP contribution in [0.15, 0.2) is 54.6 Å². The molecule has 0 aliphatic heterocycles. The van der Waals surface area contributed by atoms with Crippen LogP contribution in [0.5, 0.6) is 0 Å². The summed E-state index contributed by atoms with van der Waals surface area (Å²) in [5, 5.41) is 3.10. The van der Waals surface area contributed by atoms with E-state index in [0.29, 0.717) is 0 Å². The fourth-order valence-corrected chi connectivity index (χ4v) is 2.52. The first-order chi connectivity index (χ1) is 9.29. The van der Waals surface area contributed by atoms with E-state index in [9.17, 15) is 0 Å². The second-order valence-corrected chi connectivity index (χ2v) is 4.92. The Labute approximate surface area is 117 Å². The van der Waals surface area contributed by atoms with Crippen molar-refractivity contribution in [2.45, 2.75) is 13.3 Å². The van der Waals surface area contributed by atoms with Crippen molar-refractivity contribution in [2.24, 2.45) is 0 Å². The monoisotopic (exact) mass is 267 g/mol. The average molecular weight is 268 g/mol. The van der Waals surface area contributed by atoms with E-state index in [1.807, 2.05) is 30.3 Å². The summed E-state index contributed by atoms with van der Waals surface area (Å²) in [5.74, 6) is 0. The van der Waals surface area contributed by atoms with Crippen LogP contribution >= 0.6 is 11.6 Å². The van der Waals surface area contributed by atoms with Gasteiger partial charge in [-0.1, -0.05) is 61.0 Å². The molecule has 0 spiro atoms. The molecule has 94 valence electrons. The molecule has 0 unspecified atom stereocenters. The maximum atomic E-state index is 6.31. The third-order valence-electron chi connectivity index (χ3n) is 3.28. The summed E-state index contributed by atoms with van der Waals surface area (Å²) in [4.78, 5) is 4.77. The number of pyridine rings is 1. The van der Waals surface area contributed by atoms with Gasteiger partial charge in [-0.3, -0.25) is 4.98 Å². The lowest BCUT2D eigenvalue weighted by atomic mass is 10.0. The summed E-state index contributed by atoms with van der Waals surface area (Å²) in [5.41, 5.74) is 3.06. The number of fused-ring (bicyclic) bond motifs is 1. The molecule has 0 saturated heterocycles. The van der Waals surface area contributed by atoms with Gasteiger partial charge in [-0.25, -0.2) is 0 Å². The van der Waals surface area contributed by atoms with Crippen LogP contribution in [0, 0.1) is 0 Å². The lowest BCUT2D eigenvalue weighted by Gasteiger charge is -2.10. The van der Waals surface area contributed by atoms with Crippen LogP contribution in [0.25, 0.3) is 22.0 Å². The van der Waals surface area contributed by atoms with E-state index < -0.39 is 0 Å². The maximum absolute atomic E-state index is 6.31. The molecule has 0 radical (unpaired) electrons. The number of aryl methyl sites for hydroxylation is 1. The van der Waals surface area contributed by atoms with Gasteiger partial charge in [-0.15, -0.1) is 0 Å². The predicted octanol–water partition coefficient (Wildman–Crippen LogP) is 5.12. The zero-order chi connectivity index (χ0) is 13.2. The summed E-state index contributed by atoms with van der Waals surface area (Å²) >= 11 is 6.31. The van der Waals surface area contributed by atoms with E-state index in [2.05, 4.69) is 31.2 Å². The van der Waals surface area contributed by atoms with Crippen molar-refractivity contribution in [3.8, 4) is 11.3 Å². The van der Waals surface area contributed by atoms with Gasteiger partial charge in [0.25, 0.3) is 0 Å². The molecule has 0 atom stereocenters. The molecule has 3 aromatic rings. The van der Waals surface area contributed by atoms with Crippen molar-refractivity contribution >= 4 is 22.4 Å². The van der Waals surface area contributed by atoms with Crippen LogP contribution in [0.3, 0.4) is 0 Å². The minimum absolute atomic E-state index is 0.744. The zero-order valence-corrected chi connectivity index (χ0v) is 11.5. The average Bonchev–Trinajstić information content (AvgIpc) is 2.46. The highest BCUT2D eigenvalue weighted by Crippen LogP contribution is 2.32. The van der Waals surface area contributed by atoms with Crippen molar-refractivity contribution in [1.82, 2.24) is 4.98 Å². The standard InChI is InChI=1S/C17H14ClN/c1-2-13-11-12-7-3-4-8-14(12)17(19-13)15-9-5-6-10-16(15)18/h3-11H,2H2,1H3. The molecule has 2 heteroatoms. The Bertz CT molecular complexity index is 734. The number of hydrogen-bond acceptors (Lipinski definition) is 1. The minimum atomic E-state index is 0.744. The molecular formula is C17H14ClN. The third-order valence-corrected chi connectivity index (χ3v) is 3.61. The highest BCUT2D eigenvalue weighted by Gasteiger charge is 2.10. The Hall–Kier alpha value is -1.86. The van der Waals surface area contributed by atoms with Crippen LogP contribution in [0.2, 0.25) is 5.02 Å². The third kappa shape index (κ3) is 2.22. The molecule has 3 rings (SSSR count). The normalized spacial score (nSPS) is 10.8. The van der Waals surface area contributed by atoms with E-state index in [0.717, 1.165) is 33.8 Å². The number of nitrogens with zero attached hydrogens (tertiary/aromatic N) is 1. The SMILES string of the molecule is CCc1cc2ccccc2c(-c2ccccc2Cl)n1. The Balaban J connectivity index is 2.36. The van der Waals surface area contributed by atoms with Crippen molar-refractivity contribution in [3.05, 3.63) is 65.3 Å². The van der Waals surface area contributed by atoms with E-state index in [4.69, 9.17) is 16.6 Å². The number of rotatable bonds is 2. The topological polar surface area (TPSA) is 12.9 Å². The summed E-state index contributed by atoms with van der Waals surface area (Å²) in [6.45, 7) is 2.12. The largest absolute Gasteiger partial charge is 0.252 e. The molecule has 0 fully saturated rings. The first-order valence-electron chi connectivity index (χ1n) is 6.43. The highest BCUT2D eigenvalue weighted by atomic mass is 35.5. The Morgan fingerprint density at radius 3 is 2.53 bits per heavy atom. The van der Waals surface area contributed by atoms with Crippen molar-refractivity contribution in [1.29, 1.82) is 0 Å². The molecule has 1 nitrogen and oxygen atoms in total. The lowest BCUT2D eigenvalue weighted by molar-refractivity contribution is 1.05. The molecule has 2 aromatic carbocycles.